The van der Waals surface area contributed by atoms with Crippen molar-refractivity contribution in [1.82, 2.24) is 9.78 Å². The van der Waals surface area contributed by atoms with Crippen LogP contribution in [0.15, 0.2) is 58.9 Å². The predicted molar refractivity (Wildman–Crippen MR) is 117 cm³/mol. The molecule has 28 heavy (non-hydrogen) atoms. The Hall–Kier alpha value is -2.47. The number of aryl methyl sites for hydroxylation is 1. The molecule has 0 saturated carbocycles. The highest BCUT2D eigenvalue weighted by Gasteiger charge is 2.17. The van der Waals surface area contributed by atoms with Crippen molar-refractivity contribution < 1.29 is 4.79 Å². The molecule has 142 valence electrons. The van der Waals surface area contributed by atoms with Gasteiger partial charge in [0.25, 0.3) is 0 Å². The summed E-state index contributed by atoms with van der Waals surface area (Å²) < 4.78 is 3.09. The number of amides is 1. The Morgan fingerprint density at radius 1 is 1.25 bits per heavy atom. The third-order valence-electron chi connectivity index (χ3n) is 3.94. The highest BCUT2D eigenvalue weighted by molar-refractivity contribution is 8.01. The van der Waals surface area contributed by atoms with E-state index in [0.29, 0.717) is 10.5 Å². The Morgan fingerprint density at radius 3 is 2.64 bits per heavy atom. The second kappa shape index (κ2) is 9.64. The van der Waals surface area contributed by atoms with Gasteiger partial charge in [-0.3, -0.25) is 4.79 Å². The predicted octanol–water partition coefficient (Wildman–Crippen LogP) is 5.01. The summed E-state index contributed by atoms with van der Waals surface area (Å²) in [5.41, 5.74) is 2.82. The molecule has 0 aliphatic carbocycles. The fourth-order valence-electron chi connectivity index (χ4n) is 2.54. The fourth-order valence-corrected chi connectivity index (χ4v) is 4.77. The van der Waals surface area contributed by atoms with E-state index in [2.05, 4.69) is 11.2 Å². The quantitative estimate of drug-likeness (QED) is 0.392. The van der Waals surface area contributed by atoms with Gasteiger partial charge in [0.2, 0.25) is 5.91 Å². The van der Waals surface area contributed by atoms with Crippen LogP contribution in [0.5, 0.6) is 0 Å². The van der Waals surface area contributed by atoms with Crippen LogP contribution in [0.1, 0.15) is 12.0 Å². The van der Waals surface area contributed by atoms with Gasteiger partial charge in [0, 0.05) is 12.2 Å². The number of carbonyl (C=O) groups excluding carboxylic acids is 1. The summed E-state index contributed by atoms with van der Waals surface area (Å²) in [6.45, 7) is 2.37. The number of rotatable bonds is 7. The average molecular weight is 427 g/mol. The Kier molecular flexibility index (Phi) is 6.98. The largest absolute Gasteiger partial charge is 0.311 e. The van der Waals surface area contributed by atoms with Gasteiger partial charge >= 0.3 is 0 Å². The maximum atomic E-state index is 12.8. The first-order valence-corrected chi connectivity index (χ1v) is 10.8. The van der Waals surface area contributed by atoms with Gasteiger partial charge in [-0.25, -0.2) is 4.68 Å². The Labute approximate surface area is 177 Å². The lowest BCUT2D eigenvalue weighted by molar-refractivity contribution is -0.116. The van der Waals surface area contributed by atoms with Crippen LogP contribution >= 0.6 is 35.3 Å². The molecule has 0 N–H and O–H groups in total. The van der Waals surface area contributed by atoms with Crippen LogP contribution in [-0.4, -0.2) is 28.0 Å². The van der Waals surface area contributed by atoms with Gasteiger partial charge in [-0.05, 0) is 43.4 Å². The molecule has 8 heteroatoms. The highest BCUT2D eigenvalue weighted by Crippen LogP contribution is 2.25. The van der Waals surface area contributed by atoms with E-state index in [1.54, 1.807) is 9.58 Å². The monoisotopic (exact) mass is 426 g/mol. The molecule has 0 aliphatic rings. The maximum absolute atomic E-state index is 12.8. The molecule has 0 atom stereocenters. The third kappa shape index (κ3) is 5.07. The molecule has 0 aliphatic heterocycles. The second-order valence-corrected chi connectivity index (χ2v) is 8.80. The van der Waals surface area contributed by atoms with E-state index < -0.39 is 0 Å². The van der Waals surface area contributed by atoms with Crippen LogP contribution in [0.4, 0.5) is 5.69 Å². The standard InChI is InChI=1S/C20H18N4OS3/c1-15-8-10-16(11-9-15)23(13-5-12-21)18(25)14-27-19-22-24(20(26)28-19)17-6-3-2-4-7-17/h2-4,6-11H,5,13-14H2,1H3. The Bertz CT molecular complexity index is 1040. The summed E-state index contributed by atoms with van der Waals surface area (Å²) in [6.07, 6.45) is 0.284. The number of nitrogens with zero attached hydrogens (tertiary/aromatic N) is 4. The molecular weight excluding hydrogens is 408 g/mol. The van der Waals surface area contributed by atoms with Gasteiger partial charge in [-0.1, -0.05) is 59.0 Å². The zero-order valence-corrected chi connectivity index (χ0v) is 17.7. The normalized spacial score (nSPS) is 10.4. The lowest BCUT2D eigenvalue weighted by Gasteiger charge is -2.21. The van der Waals surface area contributed by atoms with Crippen LogP contribution in [0.25, 0.3) is 5.69 Å². The molecule has 1 amide bonds. The van der Waals surface area contributed by atoms with Crippen LogP contribution in [0.2, 0.25) is 0 Å². The smallest absolute Gasteiger partial charge is 0.237 e. The molecular formula is C20H18N4OS3. The minimum Gasteiger partial charge on any atom is -0.311 e. The molecule has 0 spiro atoms. The SMILES string of the molecule is Cc1ccc(N(CCC#N)C(=O)CSc2nn(-c3ccccc3)c(=S)s2)cc1. The fraction of sp³-hybridized carbons (Fsp3) is 0.200. The molecule has 5 nitrogen and oxygen atoms in total. The number of benzene rings is 2. The van der Waals surface area contributed by atoms with Gasteiger partial charge < -0.3 is 4.90 Å². The molecule has 1 aromatic heterocycles. The van der Waals surface area contributed by atoms with Crippen molar-refractivity contribution in [3.05, 3.63) is 64.1 Å². The first-order chi connectivity index (χ1) is 13.6. The molecule has 3 rings (SSSR count). The maximum Gasteiger partial charge on any atom is 0.237 e. The number of para-hydroxylation sites is 1. The van der Waals surface area contributed by atoms with Gasteiger partial charge in [0.05, 0.1) is 23.9 Å². The van der Waals surface area contributed by atoms with Crippen molar-refractivity contribution in [3.8, 4) is 11.8 Å². The number of carbonyl (C=O) groups is 1. The summed E-state index contributed by atoms with van der Waals surface area (Å²) in [4.78, 5) is 14.5. The number of thioether (sulfide) groups is 1. The van der Waals surface area contributed by atoms with E-state index in [4.69, 9.17) is 17.5 Å². The highest BCUT2D eigenvalue weighted by atomic mass is 32.2. The zero-order chi connectivity index (χ0) is 19.9. The number of hydrogen-bond donors (Lipinski definition) is 0. The van der Waals surface area contributed by atoms with Gasteiger partial charge in [0.1, 0.15) is 0 Å². The van der Waals surface area contributed by atoms with E-state index in [0.717, 1.165) is 21.3 Å². The molecule has 1 heterocycles. The molecule has 0 saturated heterocycles. The van der Waals surface area contributed by atoms with Crippen molar-refractivity contribution in [2.75, 3.05) is 17.2 Å². The van der Waals surface area contributed by atoms with Gasteiger partial charge in [-0.15, -0.1) is 5.10 Å². The minimum absolute atomic E-state index is 0.0588. The summed E-state index contributed by atoms with van der Waals surface area (Å²) in [5, 5.41) is 13.5. The molecule has 0 radical (unpaired) electrons. The third-order valence-corrected chi connectivity index (χ3v) is 6.29. The summed E-state index contributed by atoms with van der Waals surface area (Å²) in [6, 6.07) is 19.5. The summed E-state index contributed by atoms with van der Waals surface area (Å²) in [7, 11) is 0. The van der Waals surface area contributed by atoms with E-state index in [-0.39, 0.29) is 18.1 Å². The Morgan fingerprint density at radius 2 is 1.96 bits per heavy atom. The van der Waals surface area contributed by atoms with Crippen LogP contribution in [-0.2, 0) is 4.79 Å². The van der Waals surface area contributed by atoms with Gasteiger partial charge in [0.15, 0.2) is 8.29 Å². The number of hydrogen-bond acceptors (Lipinski definition) is 6. The van der Waals surface area contributed by atoms with Crippen molar-refractivity contribution >= 4 is 46.9 Å². The van der Waals surface area contributed by atoms with Crippen LogP contribution in [0.3, 0.4) is 0 Å². The summed E-state index contributed by atoms with van der Waals surface area (Å²) in [5.74, 6) is 0.174. The molecule has 0 fully saturated rings. The number of aromatic nitrogens is 2. The van der Waals surface area contributed by atoms with Crippen molar-refractivity contribution in [2.45, 2.75) is 17.7 Å². The van der Waals surface area contributed by atoms with Crippen molar-refractivity contribution in [3.63, 3.8) is 0 Å². The number of anilines is 1. The van der Waals surface area contributed by atoms with E-state index in [9.17, 15) is 4.79 Å². The zero-order valence-electron chi connectivity index (χ0n) is 15.2. The van der Waals surface area contributed by atoms with Crippen LogP contribution in [0, 0.1) is 22.2 Å². The first kappa shape index (κ1) is 20.3. The van der Waals surface area contributed by atoms with E-state index >= 15 is 0 Å². The topological polar surface area (TPSA) is 61.9 Å². The molecule has 2 aromatic carbocycles. The molecule has 0 bridgehead atoms. The van der Waals surface area contributed by atoms with Crippen LogP contribution < -0.4 is 4.90 Å². The summed E-state index contributed by atoms with van der Waals surface area (Å²) >= 11 is 8.16. The average Bonchev–Trinajstić information content (AvgIpc) is 3.09. The lowest BCUT2D eigenvalue weighted by atomic mass is 10.2. The van der Waals surface area contributed by atoms with E-state index in [1.165, 1.54) is 23.1 Å². The first-order valence-electron chi connectivity index (χ1n) is 8.61. The number of nitriles is 1. The Balaban J connectivity index is 1.72. The minimum atomic E-state index is -0.0588. The van der Waals surface area contributed by atoms with E-state index in [1.807, 2.05) is 61.5 Å². The molecule has 0 unspecified atom stereocenters. The second-order valence-electron chi connectivity index (χ2n) is 5.96. The lowest BCUT2D eigenvalue weighted by Crippen LogP contribution is -2.33. The van der Waals surface area contributed by atoms with Crippen molar-refractivity contribution in [2.24, 2.45) is 0 Å². The van der Waals surface area contributed by atoms with Gasteiger partial charge in [-0.2, -0.15) is 5.26 Å². The molecule has 3 aromatic rings. The van der Waals surface area contributed by atoms with Crippen molar-refractivity contribution in [1.29, 1.82) is 5.26 Å².